The van der Waals surface area contributed by atoms with Crippen LogP contribution in [0.3, 0.4) is 0 Å². The van der Waals surface area contributed by atoms with Crippen LogP contribution in [0.2, 0.25) is 0 Å². The number of hydrogen-bond acceptors (Lipinski definition) is 6. The maximum Gasteiger partial charge on any atom is 0.273 e. The summed E-state index contributed by atoms with van der Waals surface area (Å²) in [7, 11) is 0. The van der Waals surface area contributed by atoms with Gasteiger partial charge in [0.25, 0.3) is 23.4 Å². The Balaban J connectivity index is 1.69. The number of Topliss-reactive ketones (excluding diaryl/α,β-unsaturated/α-hetero) is 1. The fraction of sp³-hybridized carbons (Fsp3) is 0.250. The van der Waals surface area contributed by atoms with Crippen LogP contribution in [0.4, 0.5) is 5.69 Å². The highest BCUT2D eigenvalue weighted by molar-refractivity contribution is 9.10. The van der Waals surface area contributed by atoms with Gasteiger partial charge in [0.15, 0.2) is 5.78 Å². The average molecular weight is 526 g/mol. The SMILES string of the molecule is CC1=CC[C@@H]2C(=O)N(N(CC(=O)c3ccc(Br)cc3)C(=O)c3ccc([N+](=O)[O-])cc3)C(=O)[C@H]2C1. The number of allylic oxidation sites excluding steroid dienone is 2. The van der Waals surface area contributed by atoms with Crippen LogP contribution in [0, 0.1) is 22.0 Å². The summed E-state index contributed by atoms with van der Waals surface area (Å²) in [4.78, 5) is 63.3. The number of hydrazine groups is 1. The number of carbonyl (C=O) groups excluding carboxylic acids is 4. The van der Waals surface area contributed by atoms with Gasteiger partial charge in [-0.05, 0) is 44.0 Å². The molecule has 2 aromatic rings. The summed E-state index contributed by atoms with van der Waals surface area (Å²) in [6.07, 6.45) is 2.70. The molecule has 4 rings (SSSR count). The van der Waals surface area contributed by atoms with Crippen molar-refractivity contribution in [3.8, 4) is 0 Å². The van der Waals surface area contributed by atoms with Crippen molar-refractivity contribution in [3.05, 3.63) is 85.9 Å². The van der Waals surface area contributed by atoms with Crippen molar-refractivity contribution >= 4 is 45.1 Å². The molecule has 174 valence electrons. The second-order valence-corrected chi connectivity index (χ2v) is 9.20. The van der Waals surface area contributed by atoms with Crippen molar-refractivity contribution in [2.45, 2.75) is 19.8 Å². The zero-order valence-corrected chi connectivity index (χ0v) is 19.7. The zero-order valence-electron chi connectivity index (χ0n) is 18.1. The maximum atomic E-state index is 13.4. The third-order valence-electron chi connectivity index (χ3n) is 6.06. The molecule has 0 radical (unpaired) electrons. The molecule has 0 bridgehead atoms. The zero-order chi connectivity index (χ0) is 24.6. The lowest BCUT2D eigenvalue weighted by atomic mass is 9.82. The Morgan fingerprint density at radius 1 is 1.03 bits per heavy atom. The lowest BCUT2D eigenvalue weighted by Gasteiger charge is -2.30. The van der Waals surface area contributed by atoms with Gasteiger partial charge in [0.2, 0.25) is 0 Å². The molecular weight excluding hydrogens is 506 g/mol. The van der Waals surface area contributed by atoms with Gasteiger partial charge >= 0.3 is 0 Å². The first-order valence-electron chi connectivity index (χ1n) is 10.6. The number of halogens is 1. The predicted molar refractivity (Wildman–Crippen MR) is 124 cm³/mol. The Morgan fingerprint density at radius 2 is 1.62 bits per heavy atom. The first-order chi connectivity index (χ1) is 16.2. The van der Waals surface area contributed by atoms with Gasteiger partial charge in [-0.1, -0.05) is 39.7 Å². The van der Waals surface area contributed by atoms with Gasteiger partial charge in [-0.25, -0.2) is 5.01 Å². The molecule has 1 aliphatic heterocycles. The minimum atomic E-state index is -0.773. The Hall–Kier alpha value is -3.66. The number of imide groups is 1. The first-order valence-corrected chi connectivity index (χ1v) is 11.3. The highest BCUT2D eigenvalue weighted by Crippen LogP contribution is 2.38. The van der Waals surface area contributed by atoms with E-state index in [1.165, 1.54) is 12.1 Å². The van der Waals surface area contributed by atoms with E-state index >= 15 is 0 Å². The van der Waals surface area contributed by atoms with E-state index in [1.807, 2.05) is 13.0 Å². The van der Waals surface area contributed by atoms with E-state index in [-0.39, 0.29) is 11.3 Å². The summed E-state index contributed by atoms with van der Waals surface area (Å²) in [6.45, 7) is 1.34. The number of fused-ring (bicyclic) bond motifs is 1. The summed E-state index contributed by atoms with van der Waals surface area (Å²) >= 11 is 3.30. The molecule has 3 amide bonds. The summed E-state index contributed by atoms with van der Waals surface area (Å²) in [6, 6.07) is 11.3. The molecule has 1 saturated heterocycles. The van der Waals surface area contributed by atoms with Crippen LogP contribution in [0.25, 0.3) is 0 Å². The molecule has 2 atom stereocenters. The number of nitro groups is 1. The summed E-state index contributed by atoms with van der Waals surface area (Å²) in [5.41, 5.74) is 1.09. The quantitative estimate of drug-likeness (QED) is 0.185. The molecule has 2 aromatic carbocycles. The van der Waals surface area contributed by atoms with Gasteiger partial charge in [0.05, 0.1) is 16.8 Å². The molecule has 1 aliphatic carbocycles. The molecule has 0 unspecified atom stereocenters. The highest BCUT2D eigenvalue weighted by atomic mass is 79.9. The minimum Gasteiger partial charge on any atom is -0.292 e. The van der Waals surface area contributed by atoms with E-state index in [1.54, 1.807) is 24.3 Å². The lowest BCUT2D eigenvalue weighted by molar-refractivity contribution is -0.384. The van der Waals surface area contributed by atoms with Crippen molar-refractivity contribution in [1.82, 2.24) is 10.0 Å². The van der Waals surface area contributed by atoms with Crippen molar-refractivity contribution in [1.29, 1.82) is 0 Å². The van der Waals surface area contributed by atoms with Gasteiger partial charge in [-0.15, -0.1) is 0 Å². The molecule has 9 nitrogen and oxygen atoms in total. The van der Waals surface area contributed by atoms with Crippen LogP contribution in [0.5, 0.6) is 0 Å². The van der Waals surface area contributed by atoms with E-state index in [0.29, 0.717) is 18.4 Å². The predicted octanol–water partition coefficient (Wildman–Crippen LogP) is 3.94. The third-order valence-corrected chi connectivity index (χ3v) is 6.59. The summed E-state index contributed by atoms with van der Waals surface area (Å²) < 4.78 is 0.764. The fourth-order valence-electron chi connectivity index (χ4n) is 4.23. The average Bonchev–Trinajstić information content (AvgIpc) is 3.06. The molecule has 10 heteroatoms. The van der Waals surface area contributed by atoms with Crippen LogP contribution in [-0.4, -0.2) is 45.0 Å². The topological polar surface area (TPSA) is 118 Å². The largest absolute Gasteiger partial charge is 0.292 e. The molecule has 1 heterocycles. The lowest BCUT2D eigenvalue weighted by Crippen LogP contribution is -2.52. The van der Waals surface area contributed by atoms with Crippen LogP contribution >= 0.6 is 15.9 Å². The number of hydrogen-bond donors (Lipinski definition) is 0. The number of carbonyl (C=O) groups is 4. The number of benzene rings is 2. The van der Waals surface area contributed by atoms with Crippen molar-refractivity contribution in [2.75, 3.05) is 6.54 Å². The number of nitrogens with zero attached hydrogens (tertiary/aromatic N) is 3. The van der Waals surface area contributed by atoms with E-state index < -0.39 is 46.8 Å². The van der Waals surface area contributed by atoms with Gasteiger partial charge < -0.3 is 0 Å². The first kappa shape index (κ1) is 23.5. The molecular formula is C24H20BrN3O6. The number of rotatable bonds is 6. The van der Waals surface area contributed by atoms with Gasteiger partial charge in [0.1, 0.15) is 6.54 Å². The Kier molecular flexibility index (Phi) is 6.43. The highest BCUT2D eigenvalue weighted by Gasteiger charge is 2.51. The van der Waals surface area contributed by atoms with Crippen molar-refractivity contribution in [3.63, 3.8) is 0 Å². The summed E-state index contributed by atoms with van der Waals surface area (Å²) in [5.74, 6) is -3.48. The summed E-state index contributed by atoms with van der Waals surface area (Å²) in [5, 5.41) is 12.6. The second kappa shape index (κ2) is 9.30. The Bertz CT molecular complexity index is 1220. The number of non-ortho nitro benzene ring substituents is 1. The molecule has 1 fully saturated rings. The molecule has 0 N–H and O–H groups in total. The molecule has 0 saturated carbocycles. The van der Waals surface area contributed by atoms with Gasteiger partial charge in [-0.2, -0.15) is 5.01 Å². The molecule has 2 aliphatic rings. The number of nitro benzene ring substituents is 1. The maximum absolute atomic E-state index is 13.4. The fourth-order valence-corrected chi connectivity index (χ4v) is 4.49. The molecule has 0 spiro atoms. The third kappa shape index (κ3) is 4.41. The normalized spacial score (nSPS) is 19.5. The van der Waals surface area contributed by atoms with E-state index in [2.05, 4.69) is 15.9 Å². The molecule has 0 aromatic heterocycles. The van der Waals surface area contributed by atoms with Crippen LogP contribution in [-0.2, 0) is 9.59 Å². The smallest absolute Gasteiger partial charge is 0.273 e. The minimum absolute atomic E-state index is 0.0129. The van der Waals surface area contributed by atoms with Crippen molar-refractivity contribution < 1.29 is 24.1 Å². The van der Waals surface area contributed by atoms with Gasteiger partial charge in [-0.3, -0.25) is 29.3 Å². The Labute approximate surface area is 203 Å². The van der Waals surface area contributed by atoms with E-state index in [4.69, 9.17) is 0 Å². The van der Waals surface area contributed by atoms with Crippen molar-refractivity contribution in [2.24, 2.45) is 11.8 Å². The number of amides is 3. The van der Waals surface area contributed by atoms with E-state index in [9.17, 15) is 29.3 Å². The van der Waals surface area contributed by atoms with Crippen LogP contribution in [0.1, 0.15) is 40.5 Å². The monoisotopic (exact) mass is 525 g/mol. The number of ketones is 1. The van der Waals surface area contributed by atoms with Crippen LogP contribution in [0.15, 0.2) is 64.7 Å². The molecule has 34 heavy (non-hydrogen) atoms. The van der Waals surface area contributed by atoms with Gasteiger partial charge in [0, 0.05) is 27.7 Å². The standard InChI is InChI=1S/C24H20BrN3O6/c1-14-2-11-19-20(12-14)24(32)27(23(19)31)26(13-21(29)15-3-7-17(25)8-4-15)22(30)16-5-9-18(10-6-16)28(33)34/h2-10,19-20H,11-13H2,1H3/t19-,20-/m0/s1. The Morgan fingerprint density at radius 3 is 2.24 bits per heavy atom. The second-order valence-electron chi connectivity index (χ2n) is 8.29. The van der Waals surface area contributed by atoms with E-state index in [0.717, 1.165) is 32.2 Å². The van der Waals surface area contributed by atoms with Crippen LogP contribution < -0.4 is 0 Å².